The molecule has 1 aliphatic rings. The number of carboxylic acid groups (broad SMARTS) is 1. The standard InChI is InChI=1S/C19H21ClN2O4/c20-16-6-4-13(19(24)25)11-15(16)17-7-5-14(26-17)12-21-8-2-10-22-9-1-3-18(22)23/h4-7,11,21H,1-3,8-10,12H2,(H,24,25). The van der Waals surface area contributed by atoms with E-state index in [0.29, 0.717) is 29.3 Å². The molecule has 138 valence electrons. The molecule has 1 aliphatic heterocycles. The second-order valence-corrected chi connectivity index (χ2v) is 6.69. The number of nitrogens with zero attached hydrogens (tertiary/aromatic N) is 1. The van der Waals surface area contributed by atoms with Gasteiger partial charge in [0.25, 0.3) is 0 Å². The van der Waals surface area contributed by atoms with Gasteiger partial charge in [0.05, 0.1) is 17.1 Å². The Morgan fingerprint density at radius 3 is 2.88 bits per heavy atom. The fourth-order valence-corrected chi connectivity index (χ4v) is 3.22. The molecule has 2 aromatic rings. The number of halogens is 1. The highest BCUT2D eigenvalue weighted by Crippen LogP contribution is 2.30. The smallest absolute Gasteiger partial charge is 0.335 e. The lowest BCUT2D eigenvalue weighted by Crippen LogP contribution is -2.28. The third-order valence-electron chi connectivity index (χ3n) is 4.39. The molecule has 1 fully saturated rings. The Morgan fingerprint density at radius 2 is 2.15 bits per heavy atom. The first kappa shape index (κ1) is 18.5. The molecule has 26 heavy (non-hydrogen) atoms. The van der Waals surface area contributed by atoms with Gasteiger partial charge in [0.2, 0.25) is 5.91 Å². The van der Waals surface area contributed by atoms with Crippen LogP contribution in [0.5, 0.6) is 0 Å². The monoisotopic (exact) mass is 376 g/mol. The Labute approximate surface area is 156 Å². The van der Waals surface area contributed by atoms with Crippen molar-refractivity contribution >= 4 is 23.5 Å². The van der Waals surface area contributed by atoms with Crippen LogP contribution >= 0.6 is 11.6 Å². The minimum absolute atomic E-state index is 0.164. The number of benzene rings is 1. The van der Waals surface area contributed by atoms with E-state index in [1.54, 1.807) is 12.1 Å². The highest BCUT2D eigenvalue weighted by molar-refractivity contribution is 6.33. The van der Waals surface area contributed by atoms with Gasteiger partial charge in [0, 0.05) is 25.1 Å². The van der Waals surface area contributed by atoms with Crippen LogP contribution in [0.15, 0.2) is 34.7 Å². The van der Waals surface area contributed by atoms with Gasteiger partial charge >= 0.3 is 5.97 Å². The molecule has 2 heterocycles. The summed E-state index contributed by atoms with van der Waals surface area (Å²) >= 11 is 6.16. The fourth-order valence-electron chi connectivity index (χ4n) is 3.01. The van der Waals surface area contributed by atoms with Gasteiger partial charge in [-0.3, -0.25) is 4.79 Å². The summed E-state index contributed by atoms with van der Waals surface area (Å²) in [5.74, 6) is 0.528. The number of aromatic carboxylic acids is 1. The Morgan fingerprint density at radius 1 is 1.31 bits per heavy atom. The first-order valence-corrected chi connectivity index (χ1v) is 9.03. The van der Waals surface area contributed by atoms with E-state index in [-0.39, 0.29) is 11.5 Å². The van der Waals surface area contributed by atoms with Crippen molar-refractivity contribution in [3.63, 3.8) is 0 Å². The molecule has 1 saturated heterocycles. The molecule has 0 atom stereocenters. The van der Waals surface area contributed by atoms with Gasteiger partial charge in [0.15, 0.2) is 0 Å². The van der Waals surface area contributed by atoms with Crippen LogP contribution in [0, 0.1) is 0 Å². The number of carbonyl (C=O) groups is 2. The Bertz CT molecular complexity index is 803. The molecule has 0 bridgehead atoms. The number of hydrogen-bond acceptors (Lipinski definition) is 4. The second-order valence-electron chi connectivity index (χ2n) is 6.28. The van der Waals surface area contributed by atoms with Crippen LogP contribution in [0.2, 0.25) is 5.02 Å². The lowest BCUT2D eigenvalue weighted by Gasteiger charge is -2.15. The summed E-state index contributed by atoms with van der Waals surface area (Å²) in [5.41, 5.74) is 0.724. The van der Waals surface area contributed by atoms with Crippen molar-refractivity contribution in [3.8, 4) is 11.3 Å². The lowest BCUT2D eigenvalue weighted by molar-refractivity contribution is -0.127. The number of amides is 1. The van der Waals surface area contributed by atoms with Gasteiger partial charge in [-0.2, -0.15) is 0 Å². The minimum Gasteiger partial charge on any atom is -0.478 e. The van der Waals surface area contributed by atoms with Crippen LogP contribution in [0.3, 0.4) is 0 Å². The molecule has 7 heteroatoms. The van der Waals surface area contributed by atoms with E-state index in [0.717, 1.165) is 38.2 Å². The van der Waals surface area contributed by atoms with Crippen LogP contribution in [-0.4, -0.2) is 41.5 Å². The van der Waals surface area contributed by atoms with Crippen molar-refractivity contribution in [1.29, 1.82) is 0 Å². The van der Waals surface area contributed by atoms with E-state index in [2.05, 4.69) is 5.32 Å². The third-order valence-corrected chi connectivity index (χ3v) is 4.72. The Balaban J connectivity index is 1.51. The summed E-state index contributed by atoms with van der Waals surface area (Å²) in [7, 11) is 0. The molecule has 0 aliphatic carbocycles. The first-order valence-electron chi connectivity index (χ1n) is 8.65. The molecule has 0 spiro atoms. The lowest BCUT2D eigenvalue weighted by atomic mass is 10.1. The molecular weight excluding hydrogens is 356 g/mol. The molecule has 1 amide bonds. The summed E-state index contributed by atoms with van der Waals surface area (Å²) < 4.78 is 5.78. The van der Waals surface area contributed by atoms with E-state index < -0.39 is 5.97 Å². The molecule has 0 saturated carbocycles. The summed E-state index contributed by atoms with van der Waals surface area (Å²) in [6.07, 6.45) is 2.53. The predicted molar refractivity (Wildman–Crippen MR) is 98.3 cm³/mol. The van der Waals surface area contributed by atoms with Gasteiger partial charge in [0.1, 0.15) is 11.5 Å². The molecular formula is C19H21ClN2O4. The molecule has 0 radical (unpaired) electrons. The molecule has 6 nitrogen and oxygen atoms in total. The Hall–Kier alpha value is -2.31. The van der Waals surface area contributed by atoms with Crippen molar-refractivity contribution in [2.75, 3.05) is 19.6 Å². The largest absolute Gasteiger partial charge is 0.478 e. The number of furan rings is 1. The third kappa shape index (κ3) is 4.45. The van der Waals surface area contributed by atoms with Gasteiger partial charge in [-0.1, -0.05) is 11.6 Å². The van der Waals surface area contributed by atoms with Crippen LogP contribution in [-0.2, 0) is 11.3 Å². The van der Waals surface area contributed by atoms with Crippen molar-refractivity contribution in [1.82, 2.24) is 10.2 Å². The average molecular weight is 377 g/mol. The molecule has 2 N–H and O–H groups in total. The highest BCUT2D eigenvalue weighted by Gasteiger charge is 2.19. The molecule has 1 aromatic heterocycles. The van der Waals surface area contributed by atoms with Crippen molar-refractivity contribution < 1.29 is 19.1 Å². The van der Waals surface area contributed by atoms with E-state index >= 15 is 0 Å². The quantitative estimate of drug-likeness (QED) is 0.690. The maximum Gasteiger partial charge on any atom is 0.335 e. The van der Waals surface area contributed by atoms with E-state index in [4.69, 9.17) is 21.1 Å². The van der Waals surface area contributed by atoms with Gasteiger partial charge < -0.3 is 19.7 Å². The number of carboxylic acids is 1. The van der Waals surface area contributed by atoms with Crippen LogP contribution in [0.4, 0.5) is 0 Å². The van der Waals surface area contributed by atoms with E-state index in [1.165, 1.54) is 12.1 Å². The zero-order valence-corrected chi connectivity index (χ0v) is 15.1. The fraction of sp³-hybridized carbons (Fsp3) is 0.368. The molecule has 3 rings (SSSR count). The number of likely N-dealkylation sites (tertiary alicyclic amines) is 1. The Kier molecular flexibility index (Phi) is 5.96. The number of hydrogen-bond donors (Lipinski definition) is 2. The van der Waals surface area contributed by atoms with E-state index in [1.807, 2.05) is 11.0 Å². The topological polar surface area (TPSA) is 82.8 Å². The normalized spacial score (nSPS) is 14.2. The average Bonchev–Trinajstić information content (AvgIpc) is 3.24. The maximum absolute atomic E-state index is 11.5. The highest BCUT2D eigenvalue weighted by atomic mass is 35.5. The maximum atomic E-state index is 11.5. The van der Waals surface area contributed by atoms with Gasteiger partial charge in [-0.25, -0.2) is 4.79 Å². The minimum atomic E-state index is -1.01. The first-order chi connectivity index (χ1) is 12.5. The number of nitrogens with one attached hydrogen (secondary N) is 1. The molecule has 1 aromatic carbocycles. The zero-order chi connectivity index (χ0) is 18.5. The second kappa shape index (κ2) is 8.38. The molecule has 0 unspecified atom stereocenters. The summed E-state index contributed by atoms with van der Waals surface area (Å²) in [5, 5.41) is 12.8. The van der Waals surface area contributed by atoms with Crippen LogP contribution in [0.1, 0.15) is 35.4 Å². The van der Waals surface area contributed by atoms with E-state index in [9.17, 15) is 9.59 Å². The van der Waals surface area contributed by atoms with Gasteiger partial charge in [-0.05, 0) is 49.7 Å². The number of rotatable bonds is 8. The zero-order valence-electron chi connectivity index (χ0n) is 14.3. The summed E-state index contributed by atoms with van der Waals surface area (Å²) in [6, 6.07) is 8.15. The van der Waals surface area contributed by atoms with Crippen molar-refractivity contribution in [2.24, 2.45) is 0 Å². The van der Waals surface area contributed by atoms with Crippen LogP contribution < -0.4 is 5.32 Å². The predicted octanol–water partition coefficient (Wildman–Crippen LogP) is 3.40. The van der Waals surface area contributed by atoms with Crippen molar-refractivity contribution in [2.45, 2.75) is 25.8 Å². The number of carbonyl (C=O) groups excluding carboxylic acids is 1. The summed E-state index contributed by atoms with van der Waals surface area (Å²) in [4.78, 5) is 24.6. The summed E-state index contributed by atoms with van der Waals surface area (Å²) in [6.45, 7) is 3.00. The van der Waals surface area contributed by atoms with Crippen molar-refractivity contribution in [3.05, 3.63) is 46.7 Å². The van der Waals surface area contributed by atoms with Crippen LogP contribution in [0.25, 0.3) is 11.3 Å². The SMILES string of the molecule is O=C(O)c1ccc(Cl)c(-c2ccc(CNCCCN3CCCC3=O)o2)c1. The van der Waals surface area contributed by atoms with Gasteiger partial charge in [-0.15, -0.1) is 0 Å².